The zero-order chi connectivity index (χ0) is 17.3. The van der Waals surface area contributed by atoms with E-state index in [0.29, 0.717) is 0 Å². The summed E-state index contributed by atoms with van der Waals surface area (Å²) in [6.45, 7) is 0. The first-order valence-corrected chi connectivity index (χ1v) is 11.3. The Morgan fingerprint density at radius 1 is 0.323 bits per heavy atom. The van der Waals surface area contributed by atoms with Gasteiger partial charge in [-0.2, -0.15) is 17.2 Å². The van der Waals surface area contributed by atoms with Crippen molar-refractivity contribution in [3.8, 4) is 0 Å². The zero-order valence-corrected chi connectivity index (χ0v) is 20.6. The van der Waals surface area contributed by atoms with Crippen LogP contribution in [-0.2, 0) is 40.1 Å². The van der Waals surface area contributed by atoms with E-state index in [9.17, 15) is 22.8 Å². The monoisotopic (exact) mass is 588 g/mol. The molecule has 0 amide bonds. The Morgan fingerprint density at radius 2 is 0.452 bits per heavy atom. The largest absolute Gasteiger partial charge is 0.490 e. The predicted octanol–water partition coefficient (Wildman–Crippen LogP) is 1.16. The molecule has 208 valence electrons. The second-order valence-electron chi connectivity index (χ2n) is 2.71. The Kier molecular flexibility index (Phi) is 49.8. The standard InChI is InChI=1S/10H3N.H7O16P5/c;;;;;;;;;;1-17(2,3)13-19(7,8)15-21(11,12)16-20(9,10)14-18(4,5)6/h10*1H3;(H,7,8)(H,9,10)(H,11,12)(H2,1,2,3)(H2,4,5,6). The molecule has 31 heavy (non-hydrogen) atoms. The molecule has 2 unspecified atom stereocenters. The van der Waals surface area contributed by atoms with Crippen LogP contribution in [0.25, 0.3) is 0 Å². The van der Waals surface area contributed by atoms with Gasteiger partial charge in [0, 0.05) is 0 Å². The van der Waals surface area contributed by atoms with E-state index in [1.807, 2.05) is 0 Å². The molecule has 0 heterocycles. The molecule has 0 saturated carbocycles. The van der Waals surface area contributed by atoms with Crippen molar-refractivity contribution in [2.75, 3.05) is 0 Å². The first-order chi connectivity index (χ1) is 8.83. The zero-order valence-electron chi connectivity index (χ0n) is 16.1. The van der Waals surface area contributed by atoms with Crippen molar-refractivity contribution in [2.45, 2.75) is 0 Å². The molecule has 0 aromatic heterocycles. The summed E-state index contributed by atoms with van der Waals surface area (Å²) in [7, 11) is -29.3. The molecule has 0 rings (SSSR count). The highest BCUT2D eigenvalue weighted by atomic mass is 31.3. The van der Waals surface area contributed by atoms with Crippen molar-refractivity contribution in [2.24, 2.45) is 0 Å². The molecular weight excluding hydrogens is 551 g/mol. The van der Waals surface area contributed by atoms with Crippen LogP contribution in [0.15, 0.2) is 0 Å². The molecular formula is H37N10O16P5. The molecule has 0 aliphatic carbocycles. The van der Waals surface area contributed by atoms with Crippen molar-refractivity contribution in [3.05, 3.63) is 0 Å². The fraction of sp³-hybridized carbons (Fsp3) is 0. The fourth-order valence-corrected chi connectivity index (χ4v) is 5.97. The van der Waals surface area contributed by atoms with E-state index in [4.69, 9.17) is 34.3 Å². The summed E-state index contributed by atoms with van der Waals surface area (Å²) in [6, 6.07) is 0. The summed E-state index contributed by atoms with van der Waals surface area (Å²) < 4.78 is 65.6. The van der Waals surface area contributed by atoms with Crippen LogP contribution in [0.3, 0.4) is 0 Å². The van der Waals surface area contributed by atoms with Crippen LogP contribution in [-0.4, -0.2) is 34.3 Å². The summed E-state index contributed by atoms with van der Waals surface area (Å²) >= 11 is 0. The normalized spacial score (nSPS) is 14.9. The van der Waals surface area contributed by atoms with Gasteiger partial charge < -0.3 is 95.8 Å². The van der Waals surface area contributed by atoms with Crippen molar-refractivity contribution in [1.82, 2.24) is 61.5 Å². The first kappa shape index (κ1) is 69.7. The third-order valence-electron chi connectivity index (χ3n) is 0.832. The summed E-state index contributed by atoms with van der Waals surface area (Å²) in [5, 5.41) is 0. The summed E-state index contributed by atoms with van der Waals surface area (Å²) in [6.07, 6.45) is 0. The Balaban J connectivity index is -0.0000000444. The van der Waals surface area contributed by atoms with Crippen molar-refractivity contribution in [3.63, 3.8) is 0 Å². The van der Waals surface area contributed by atoms with E-state index in [1.54, 1.807) is 0 Å². The van der Waals surface area contributed by atoms with E-state index in [2.05, 4.69) is 17.2 Å². The molecule has 0 aromatic rings. The lowest BCUT2D eigenvalue weighted by atomic mass is 14.0. The van der Waals surface area contributed by atoms with Crippen LogP contribution < -0.4 is 61.5 Å². The summed E-state index contributed by atoms with van der Waals surface area (Å²) in [4.78, 5) is 58.7. The van der Waals surface area contributed by atoms with Crippen molar-refractivity contribution < 1.29 is 74.3 Å². The van der Waals surface area contributed by atoms with Gasteiger partial charge in [-0.3, -0.25) is 0 Å². The van der Waals surface area contributed by atoms with Gasteiger partial charge in [0.15, 0.2) is 0 Å². The lowest BCUT2D eigenvalue weighted by molar-refractivity contribution is 0.188. The van der Waals surface area contributed by atoms with Gasteiger partial charge in [-0.25, -0.2) is 22.8 Å². The maximum absolute atomic E-state index is 11.0. The summed E-state index contributed by atoms with van der Waals surface area (Å²) in [5.74, 6) is 0. The Hall–Kier alpha value is 0.310. The van der Waals surface area contributed by atoms with Crippen molar-refractivity contribution in [1.29, 1.82) is 0 Å². The van der Waals surface area contributed by atoms with E-state index in [1.165, 1.54) is 0 Å². The number of hydrogen-bond donors (Lipinski definition) is 17. The van der Waals surface area contributed by atoms with Crippen LogP contribution >= 0.6 is 39.1 Å². The Labute approximate surface area is 175 Å². The van der Waals surface area contributed by atoms with Crippen molar-refractivity contribution >= 4 is 39.1 Å². The minimum atomic E-state index is -6.07. The highest BCUT2D eigenvalue weighted by Crippen LogP contribution is 2.72. The van der Waals surface area contributed by atoms with Gasteiger partial charge in [-0.1, -0.05) is 0 Å². The maximum Gasteiger partial charge on any atom is 0.490 e. The molecule has 2 atom stereocenters. The highest BCUT2D eigenvalue weighted by molar-refractivity contribution is 7.71. The van der Waals surface area contributed by atoms with Gasteiger partial charge in [0.1, 0.15) is 0 Å². The maximum atomic E-state index is 11.0. The molecule has 0 radical (unpaired) electrons. The predicted molar refractivity (Wildman–Crippen MR) is 108 cm³/mol. The smallest absolute Gasteiger partial charge is 0.344 e. The van der Waals surface area contributed by atoms with E-state index >= 15 is 0 Å². The van der Waals surface area contributed by atoms with Gasteiger partial charge in [0.2, 0.25) is 0 Å². The van der Waals surface area contributed by atoms with Crippen LogP contribution in [0.2, 0.25) is 0 Å². The molecule has 26 nitrogen and oxygen atoms in total. The average Bonchev–Trinajstić information content (AvgIpc) is 1.83. The van der Waals surface area contributed by atoms with Gasteiger partial charge in [-0.15, -0.1) is 0 Å². The number of hydrogen-bond acceptors (Lipinski definition) is 19. The molecule has 37 N–H and O–H groups in total. The first-order valence-electron chi connectivity index (χ1n) is 3.77. The number of phosphoric acid groups is 5. The van der Waals surface area contributed by atoms with E-state index < -0.39 is 39.1 Å². The molecule has 0 saturated heterocycles. The second-order valence-corrected chi connectivity index (χ2v) is 10.1. The molecule has 31 heteroatoms. The van der Waals surface area contributed by atoms with Gasteiger partial charge in [-0.05, 0) is 0 Å². The molecule has 0 aromatic carbocycles. The molecule has 0 spiro atoms. The van der Waals surface area contributed by atoms with Crippen LogP contribution in [0.1, 0.15) is 0 Å². The van der Waals surface area contributed by atoms with E-state index in [0.717, 1.165) is 0 Å². The van der Waals surface area contributed by atoms with Crippen LogP contribution in [0, 0.1) is 0 Å². The topological polar surface area (TPSA) is 614 Å². The van der Waals surface area contributed by atoms with Crippen LogP contribution in [0.5, 0.6) is 0 Å². The SMILES string of the molecule is N.N.N.N.N.N.N.N.N.N.O=P(O)(O)OP(=O)(O)OP(=O)(O)OP(=O)(O)OP(=O)(O)O. The highest BCUT2D eigenvalue weighted by Gasteiger charge is 2.46. The third kappa shape index (κ3) is 41.1. The van der Waals surface area contributed by atoms with Gasteiger partial charge >= 0.3 is 39.1 Å². The molecule has 0 bridgehead atoms. The van der Waals surface area contributed by atoms with Gasteiger partial charge in [0.05, 0.1) is 0 Å². The minimum Gasteiger partial charge on any atom is -0.344 e. The molecule has 0 aliphatic heterocycles. The number of rotatable bonds is 8. The molecule has 0 fully saturated rings. The van der Waals surface area contributed by atoms with E-state index in [-0.39, 0.29) is 61.5 Å². The second kappa shape index (κ2) is 22.1. The van der Waals surface area contributed by atoms with Gasteiger partial charge in [0.25, 0.3) is 0 Å². The quantitative estimate of drug-likeness (QED) is 0.177. The Bertz CT molecular complexity index is 574. The third-order valence-corrected chi connectivity index (χ3v) is 7.49. The average molecular weight is 588 g/mol. The fourth-order valence-electron chi connectivity index (χ4n) is 0.574. The molecule has 0 aliphatic rings. The lowest BCUT2D eigenvalue weighted by Crippen LogP contribution is -1.97. The minimum absolute atomic E-state index is 0. The Morgan fingerprint density at radius 3 is 0.581 bits per heavy atom. The lowest BCUT2D eigenvalue weighted by Gasteiger charge is -2.18. The van der Waals surface area contributed by atoms with Crippen LogP contribution in [0.4, 0.5) is 0 Å². The summed E-state index contributed by atoms with van der Waals surface area (Å²) in [5.41, 5.74) is 0.